The number of amides is 2. The highest BCUT2D eigenvalue weighted by Crippen LogP contribution is 2.22. The Balaban J connectivity index is 2.72. The summed E-state index contributed by atoms with van der Waals surface area (Å²) in [5.74, 6) is -0.378. The van der Waals surface area contributed by atoms with Gasteiger partial charge in [0, 0.05) is 6.42 Å². The molecule has 1 atom stereocenters. The van der Waals surface area contributed by atoms with E-state index in [-0.39, 0.29) is 18.9 Å². The minimum atomic E-state index is -3.60. The second-order valence-electron chi connectivity index (χ2n) is 5.43. The number of nitrogens with zero attached hydrogens (tertiary/aromatic N) is 1. The van der Waals surface area contributed by atoms with E-state index in [2.05, 4.69) is 4.18 Å². The molecule has 0 bridgehead atoms. The van der Waals surface area contributed by atoms with Crippen molar-refractivity contribution in [3.05, 3.63) is 0 Å². The highest BCUT2D eigenvalue weighted by molar-refractivity contribution is 7.85. The molecule has 0 aromatic rings. The fourth-order valence-electron chi connectivity index (χ4n) is 1.67. The van der Waals surface area contributed by atoms with Gasteiger partial charge in [0.2, 0.25) is 5.91 Å². The lowest BCUT2D eigenvalue weighted by atomic mass is 10.2. The van der Waals surface area contributed by atoms with Crippen LogP contribution < -0.4 is 0 Å². The van der Waals surface area contributed by atoms with E-state index in [0.29, 0.717) is 6.42 Å². The first kappa shape index (κ1) is 15.9. The Labute approximate surface area is 113 Å². The Morgan fingerprint density at radius 3 is 2.47 bits per heavy atom. The van der Waals surface area contributed by atoms with Gasteiger partial charge in [0.15, 0.2) is 0 Å². The predicted molar refractivity (Wildman–Crippen MR) is 66.9 cm³/mol. The molecule has 0 N–H and O–H groups in total. The summed E-state index contributed by atoms with van der Waals surface area (Å²) in [4.78, 5) is 24.5. The topological polar surface area (TPSA) is 90.0 Å². The lowest BCUT2D eigenvalue weighted by Crippen LogP contribution is -2.44. The minimum absolute atomic E-state index is 0.178. The molecule has 7 nitrogen and oxygen atoms in total. The maximum absolute atomic E-state index is 11.9. The molecule has 1 heterocycles. The van der Waals surface area contributed by atoms with Crippen LogP contribution in [0.2, 0.25) is 0 Å². The lowest BCUT2D eigenvalue weighted by Gasteiger charge is -2.26. The highest BCUT2D eigenvalue weighted by Gasteiger charge is 2.39. The predicted octanol–water partition coefficient (Wildman–Crippen LogP) is 0.889. The molecule has 8 heteroatoms. The molecular weight excluding hydrogens is 274 g/mol. The molecule has 0 aliphatic carbocycles. The quantitative estimate of drug-likeness (QED) is 0.718. The van der Waals surface area contributed by atoms with Crippen LogP contribution in [0.15, 0.2) is 0 Å². The average Bonchev–Trinajstić information content (AvgIpc) is 2.52. The zero-order chi connectivity index (χ0) is 14.8. The van der Waals surface area contributed by atoms with E-state index in [1.807, 2.05) is 0 Å². The van der Waals surface area contributed by atoms with Crippen molar-refractivity contribution < 1.29 is 26.9 Å². The van der Waals surface area contributed by atoms with Crippen LogP contribution in [0.1, 0.15) is 33.6 Å². The number of carbonyl (C=O) groups is 2. The van der Waals surface area contributed by atoms with Crippen LogP contribution in [-0.2, 0) is 23.8 Å². The molecular formula is C11H19NO6S. The molecule has 1 aliphatic heterocycles. The molecule has 19 heavy (non-hydrogen) atoms. The normalized spacial score (nSPS) is 20.7. The van der Waals surface area contributed by atoms with Crippen molar-refractivity contribution in [1.29, 1.82) is 0 Å². The zero-order valence-electron chi connectivity index (χ0n) is 11.5. The van der Waals surface area contributed by atoms with Crippen LogP contribution in [0.3, 0.4) is 0 Å². The van der Waals surface area contributed by atoms with Crippen LogP contribution in [0.5, 0.6) is 0 Å². The van der Waals surface area contributed by atoms with Crippen molar-refractivity contribution in [3.63, 3.8) is 0 Å². The molecule has 2 amide bonds. The summed E-state index contributed by atoms with van der Waals surface area (Å²) in [6.45, 7) is 4.83. The number of carbonyl (C=O) groups excluding carboxylic acids is 2. The summed E-state index contributed by atoms with van der Waals surface area (Å²) < 4.78 is 31.6. The van der Waals surface area contributed by atoms with Gasteiger partial charge in [-0.15, -0.1) is 0 Å². The van der Waals surface area contributed by atoms with Gasteiger partial charge in [-0.2, -0.15) is 8.42 Å². The number of hydrogen-bond donors (Lipinski definition) is 0. The number of hydrogen-bond acceptors (Lipinski definition) is 6. The first-order valence-electron chi connectivity index (χ1n) is 5.89. The third-order valence-electron chi connectivity index (χ3n) is 2.39. The zero-order valence-corrected chi connectivity index (χ0v) is 12.3. The van der Waals surface area contributed by atoms with Crippen LogP contribution in [0.4, 0.5) is 4.79 Å². The monoisotopic (exact) mass is 293 g/mol. The van der Waals surface area contributed by atoms with Gasteiger partial charge in [0.25, 0.3) is 10.1 Å². The van der Waals surface area contributed by atoms with Gasteiger partial charge in [-0.1, -0.05) is 0 Å². The third-order valence-corrected chi connectivity index (χ3v) is 2.95. The van der Waals surface area contributed by atoms with E-state index in [1.165, 1.54) is 0 Å². The Kier molecular flexibility index (Phi) is 4.57. The van der Waals surface area contributed by atoms with E-state index in [0.717, 1.165) is 11.2 Å². The van der Waals surface area contributed by atoms with Gasteiger partial charge in [0.1, 0.15) is 5.60 Å². The molecule has 0 spiro atoms. The molecule has 1 saturated heterocycles. The van der Waals surface area contributed by atoms with Crippen molar-refractivity contribution in [2.45, 2.75) is 45.3 Å². The molecule has 0 aromatic heterocycles. The van der Waals surface area contributed by atoms with Crippen LogP contribution in [-0.4, -0.2) is 49.8 Å². The second-order valence-corrected chi connectivity index (χ2v) is 7.07. The van der Waals surface area contributed by atoms with Gasteiger partial charge in [-0.05, 0) is 27.2 Å². The maximum Gasteiger partial charge on any atom is 0.417 e. The maximum atomic E-state index is 11.9. The molecule has 0 saturated carbocycles. The Hall–Kier alpha value is -1.15. The van der Waals surface area contributed by atoms with Crippen LogP contribution >= 0.6 is 0 Å². The summed E-state index contributed by atoms with van der Waals surface area (Å²) in [5, 5.41) is 0. The molecule has 1 aliphatic rings. The van der Waals surface area contributed by atoms with E-state index in [9.17, 15) is 18.0 Å². The van der Waals surface area contributed by atoms with Crippen LogP contribution in [0.25, 0.3) is 0 Å². The molecule has 0 radical (unpaired) electrons. The van der Waals surface area contributed by atoms with Crippen molar-refractivity contribution in [2.24, 2.45) is 0 Å². The SMILES string of the molecule is CC(C)(C)OC(=O)N1C(=O)CC[C@@H]1COS(C)(=O)=O. The van der Waals surface area contributed by atoms with E-state index in [1.54, 1.807) is 20.8 Å². The fourth-order valence-corrected chi connectivity index (χ4v) is 2.07. The van der Waals surface area contributed by atoms with Crippen LogP contribution in [0, 0.1) is 0 Å². The van der Waals surface area contributed by atoms with Gasteiger partial charge < -0.3 is 4.74 Å². The Morgan fingerprint density at radius 1 is 1.42 bits per heavy atom. The number of likely N-dealkylation sites (tertiary alicyclic amines) is 1. The fraction of sp³-hybridized carbons (Fsp3) is 0.818. The van der Waals surface area contributed by atoms with E-state index >= 15 is 0 Å². The highest BCUT2D eigenvalue weighted by atomic mass is 32.2. The average molecular weight is 293 g/mol. The first-order valence-corrected chi connectivity index (χ1v) is 7.71. The lowest BCUT2D eigenvalue weighted by molar-refractivity contribution is -0.128. The molecule has 1 fully saturated rings. The summed E-state index contributed by atoms with van der Waals surface area (Å²) in [7, 11) is -3.60. The molecule has 0 aromatic carbocycles. The largest absolute Gasteiger partial charge is 0.443 e. The molecule has 110 valence electrons. The van der Waals surface area contributed by atoms with Crippen molar-refractivity contribution in [1.82, 2.24) is 4.90 Å². The summed E-state index contributed by atoms with van der Waals surface area (Å²) in [5.41, 5.74) is -0.720. The number of ether oxygens (including phenoxy) is 1. The minimum Gasteiger partial charge on any atom is -0.443 e. The van der Waals surface area contributed by atoms with Gasteiger partial charge in [-0.3, -0.25) is 8.98 Å². The molecule has 0 unspecified atom stereocenters. The number of rotatable bonds is 3. The molecule has 1 rings (SSSR count). The standard InChI is InChI=1S/C11H19NO6S/c1-11(2,3)18-10(14)12-8(5-6-9(12)13)7-17-19(4,15)16/h8H,5-7H2,1-4H3/t8-/m1/s1. The third kappa shape index (κ3) is 5.15. The summed E-state index contributed by atoms with van der Waals surface area (Å²) >= 11 is 0. The van der Waals surface area contributed by atoms with Gasteiger partial charge in [0.05, 0.1) is 18.9 Å². The van der Waals surface area contributed by atoms with E-state index in [4.69, 9.17) is 4.74 Å². The first-order chi connectivity index (χ1) is 8.49. The van der Waals surface area contributed by atoms with Crippen molar-refractivity contribution in [3.8, 4) is 0 Å². The van der Waals surface area contributed by atoms with Gasteiger partial charge >= 0.3 is 6.09 Å². The summed E-state index contributed by atoms with van der Waals surface area (Å²) in [6, 6.07) is -0.600. The van der Waals surface area contributed by atoms with E-state index < -0.39 is 27.9 Å². The van der Waals surface area contributed by atoms with Crippen molar-refractivity contribution in [2.75, 3.05) is 12.9 Å². The smallest absolute Gasteiger partial charge is 0.417 e. The van der Waals surface area contributed by atoms with Crippen molar-refractivity contribution >= 4 is 22.1 Å². The number of imide groups is 1. The second kappa shape index (κ2) is 5.46. The Bertz CT molecular complexity index is 464. The summed E-state index contributed by atoms with van der Waals surface area (Å²) in [6.07, 6.45) is 0.698. The van der Waals surface area contributed by atoms with Gasteiger partial charge in [-0.25, -0.2) is 9.69 Å². The Morgan fingerprint density at radius 2 is 2.00 bits per heavy atom.